The highest BCUT2D eigenvalue weighted by atomic mass is 15.3. The zero-order valence-electron chi connectivity index (χ0n) is 11.7. The highest BCUT2D eigenvalue weighted by molar-refractivity contribution is 5.91. The molecule has 4 nitrogen and oxygen atoms in total. The van der Waals surface area contributed by atoms with Gasteiger partial charge in [0.2, 0.25) is 0 Å². The molecule has 0 fully saturated rings. The third-order valence-corrected chi connectivity index (χ3v) is 3.49. The zero-order chi connectivity index (χ0) is 13.7. The standard InChI is InChI=1S/C15H20N4/c1-4-12(5-2)11(3)17-19-15-14-9-7-6-8-13(14)10-16-18-15/h6-10,12H,4-5H2,1-3H3,(H,18,19)/b17-11-. The lowest BCUT2D eigenvalue weighted by atomic mass is 9.99. The molecule has 0 radical (unpaired) electrons. The van der Waals surface area contributed by atoms with Crippen molar-refractivity contribution in [1.82, 2.24) is 10.2 Å². The highest BCUT2D eigenvalue weighted by Gasteiger charge is 2.07. The highest BCUT2D eigenvalue weighted by Crippen LogP contribution is 2.19. The molecule has 1 aromatic heterocycles. The van der Waals surface area contributed by atoms with E-state index in [1.54, 1.807) is 6.20 Å². The van der Waals surface area contributed by atoms with Gasteiger partial charge < -0.3 is 0 Å². The van der Waals surface area contributed by atoms with Crippen LogP contribution < -0.4 is 5.43 Å². The normalized spacial score (nSPS) is 12.1. The number of hydrogen-bond acceptors (Lipinski definition) is 4. The van der Waals surface area contributed by atoms with Crippen molar-refractivity contribution in [3.8, 4) is 0 Å². The van der Waals surface area contributed by atoms with E-state index in [2.05, 4.69) is 41.5 Å². The predicted molar refractivity (Wildman–Crippen MR) is 80.3 cm³/mol. The van der Waals surface area contributed by atoms with Crippen LogP contribution in [0.1, 0.15) is 33.6 Å². The van der Waals surface area contributed by atoms with Gasteiger partial charge in [-0.05, 0) is 25.7 Å². The first kappa shape index (κ1) is 13.5. The summed E-state index contributed by atoms with van der Waals surface area (Å²) in [6, 6.07) is 8.03. The van der Waals surface area contributed by atoms with Gasteiger partial charge in [0.15, 0.2) is 5.82 Å². The number of nitrogens with zero attached hydrogens (tertiary/aromatic N) is 3. The van der Waals surface area contributed by atoms with Gasteiger partial charge in [-0.2, -0.15) is 10.2 Å². The maximum atomic E-state index is 4.45. The molecule has 0 unspecified atom stereocenters. The van der Waals surface area contributed by atoms with Crippen molar-refractivity contribution in [2.75, 3.05) is 5.43 Å². The van der Waals surface area contributed by atoms with Gasteiger partial charge in [-0.1, -0.05) is 38.1 Å². The number of hydrogen-bond donors (Lipinski definition) is 1. The van der Waals surface area contributed by atoms with Gasteiger partial charge in [-0.15, -0.1) is 5.10 Å². The van der Waals surface area contributed by atoms with Gasteiger partial charge in [-0.3, -0.25) is 5.43 Å². The van der Waals surface area contributed by atoms with Crippen molar-refractivity contribution in [2.24, 2.45) is 11.0 Å². The Morgan fingerprint density at radius 1 is 1.26 bits per heavy atom. The molecular weight excluding hydrogens is 236 g/mol. The largest absolute Gasteiger partial charge is 0.259 e. The summed E-state index contributed by atoms with van der Waals surface area (Å²) < 4.78 is 0. The van der Waals surface area contributed by atoms with Gasteiger partial charge in [-0.25, -0.2) is 0 Å². The summed E-state index contributed by atoms with van der Waals surface area (Å²) in [5.74, 6) is 1.24. The number of fused-ring (bicyclic) bond motifs is 1. The van der Waals surface area contributed by atoms with E-state index in [1.165, 1.54) is 0 Å². The van der Waals surface area contributed by atoms with Crippen molar-refractivity contribution in [3.05, 3.63) is 30.5 Å². The molecule has 4 heteroatoms. The number of rotatable bonds is 5. The quantitative estimate of drug-likeness (QED) is 0.653. The van der Waals surface area contributed by atoms with E-state index >= 15 is 0 Å². The summed E-state index contributed by atoms with van der Waals surface area (Å²) >= 11 is 0. The van der Waals surface area contributed by atoms with Crippen molar-refractivity contribution in [3.63, 3.8) is 0 Å². The predicted octanol–water partition coefficient (Wildman–Crippen LogP) is 3.85. The molecule has 0 aliphatic rings. The van der Waals surface area contributed by atoms with Crippen molar-refractivity contribution < 1.29 is 0 Å². The Bertz CT molecular complexity index is 568. The Hall–Kier alpha value is -1.97. The minimum atomic E-state index is 0.524. The molecule has 1 heterocycles. The van der Waals surface area contributed by atoms with Gasteiger partial charge >= 0.3 is 0 Å². The summed E-state index contributed by atoms with van der Waals surface area (Å²) in [4.78, 5) is 0. The number of nitrogens with one attached hydrogen (secondary N) is 1. The van der Waals surface area contributed by atoms with Crippen molar-refractivity contribution in [1.29, 1.82) is 0 Å². The third-order valence-electron chi connectivity index (χ3n) is 3.49. The van der Waals surface area contributed by atoms with E-state index in [1.807, 2.05) is 24.3 Å². The monoisotopic (exact) mass is 256 g/mol. The van der Waals surface area contributed by atoms with Crippen LogP contribution in [-0.4, -0.2) is 15.9 Å². The van der Waals surface area contributed by atoms with Crippen LogP contribution in [0.4, 0.5) is 5.82 Å². The van der Waals surface area contributed by atoms with Crippen LogP contribution in [0.3, 0.4) is 0 Å². The van der Waals surface area contributed by atoms with E-state index in [4.69, 9.17) is 0 Å². The number of aromatic nitrogens is 2. The molecule has 0 aliphatic carbocycles. The molecule has 0 saturated carbocycles. The van der Waals surface area contributed by atoms with Gasteiger partial charge in [0.05, 0.1) is 6.20 Å². The first-order chi connectivity index (χ1) is 9.26. The number of benzene rings is 1. The first-order valence-electron chi connectivity index (χ1n) is 6.76. The Morgan fingerprint density at radius 2 is 2.00 bits per heavy atom. The average molecular weight is 256 g/mol. The van der Waals surface area contributed by atoms with E-state index in [-0.39, 0.29) is 0 Å². The maximum absolute atomic E-state index is 4.45. The summed E-state index contributed by atoms with van der Waals surface area (Å²) in [5, 5.41) is 14.7. The van der Waals surface area contributed by atoms with Gasteiger partial charge in [0.1, 0.15) is 0 Å². The smallest absolute Gasteiger partial charge is 0.176 e. The molecule has 2 rings (SSSR count). The van der Waals surface area contributed by atoms with Crippen LogP contribution in [0.5, 0.6) is 0 Å². The summed E-state index contributed by atoms with van der Waals surface area (Å²) in [6.07, 6.45) is 3.97. The van der Waals surface area contributed by atoms with Crippen LogP contribution in [0.2, 0.25) is 0 Å². The maximum Gasteiger partial charge on any atom is 0.176 e. The molecule has 1 aromatic carbocycles. The van der Waals surface area contributed by atoms with Crippen LogP contribution in [0.15, 0.2) is 35.6 Å². The Labute approximate surface area is 113 Å². The molecule has 2 aromatic rings. The lowest BCUT2D eigenvalue weighted by Gasteiger charge is -2.12. The Balaban J connectivity index is 2.24. The van der Waals surface area contributed by atoms with Crippen LogP contribution >= 0.6 is 0 Å². The number of hydrazone groups is 1. The summed E-state index contributed by atoms with van der Waals surface area (Å²) in [7, 11) is 0. The molecule has 0 atom stereocenters. The summed E-state index contributed by atoms with van der Waals surface area (Å²) in [5.41, 5.74) is 4.16. The third kappa shape index (κ3) is 3.08. The fourth-order valence-corrected chi connectivity index (χ4v) is 2.22. The molecule has 0 saturated heterocycles. The molecule has 1 N–H and O–H groups in total. The fraction of sp³-hybridized carbons (Fsp3) is 0.400. The SMILES string of the molecule is CCC(CC)/C(C)=N\Nc1nncc2ccccc12. The average Bonchev–Trinajstić information content (AvgIpc) is 2.46. The van der Waals surface area contributed by atoms with Crippen molar-refractivity contribution in [2.45, 2.75) is 33.6 Å². The van der Waals surface area contributed by atoms with Gasteiger partial charge in [0.25, 0.3) is 0 Å². The summed E-state index contributed by atoms with van der Waals surface area (Å²) in [6.45, 7) is 6.43. The zero-order valence-corrected chi connectivity index (χ0v) is 11.7. The molecule has 19 heavy (non-hydrogen) atoms. The first-order valence-corrected chi connectivity index (χ1v) is 6.76. The second-order valence-electron chi connectivity index (χ2n) is 4.66. The molecule has 0 spiro atoms. The topological polar surface area (TPSA) is 50.2 Å². The van der Waals surface area contributed by atoms with Crippen LogP contribution in [0.25, 0.3) is 10.8 Å². The molecular formula is C15H20N4. The molecule has 100 valence electrons. The minimum Gasteiger partial charge on any atom is -0.259 e. The second kappa shape index (κ2) is 6.27. The molecule has 0 amide bonds. The van der Waals surface area contributed by atoms with Crippen LogP contribution in [-0.2, 0) is 0 Å². The van der Waals surface area contributed by atoms with Crippen LogP contribution in [0, 0.1) is 5.92 Å². The minimum absolute atomic E-state index is 0.524. The lowest BCUT2D eigenvalue weighted by Crippen LogP contribution is -2.11. The van der Waals surface area contributed by atoms with E-state index in [9.17, 15) is 0 Å². The second-order valence-corrected chi connectivity index (χ2v) is 4.66. The Kier molecular flexibility index (Phi) is 4.44. The van der Waals surface area contributed by atoms with Gasteiger partial charge in [0, 0.05) is 16.5 Å². The molecule has 0 aliphatic heterocycles. The fourth-order valence-electron chi connectivity index (χ4n) is 2.22. The van der Waals surface area contributed by atoms with E-state index < -0.39 is 0 Å². The van der Waals surface area contributed by atoms with Crippen molar-refractivity contribution >= 4 is 22.3 Å². The van der Waals surface area contributed by atoms with E-state index in [0.29, 0.717) is 11.7 Å². The lowest BCUT2D eigenvalue weighted by molar-refractivity contribution is 0.639. The molecule has 0 bridgehead atoms. The van der Waals surface area contributed by atoms with E-state index in [0.717, 1.165) is 29.3 Å². The number of anilines is 1. The Morgan fingerprint density at radius 3 is 2.74 bits per heavy atom.